The van der Waals surface area contributed by atoms with E-state index in [-0.39, 0.29) is 5.56 Å². The quantitative estimate of drug-likeness (QED) is 0.498. The average molecular weight is 356 g/mol. The lowest BCUT2D eigenvalue weighted by Crippen LogP contribution is -2.22. The molecule has 0 fully saturated rings. The molecule has 0 unspecified atom stereocenters. The predicted molar refractivity (Wildman–Crippen MR) is 101 cm³/mol. The lowest BCUT2D eigenvalue weighted by Gasteiger charge is -2.13. The highest BCUT2D eigenvalue weighted by Gasteiger charge is 2.12. The van der Waals surface area contributed by atoms with Gasteiger partial charge in [0, 0.05) is 17.9 Å². The van der Waals surface area contributed by atoms with Crippen LogP contribution < -0.4 is 15.0 Å². The molecule has 2 aromatic carbocycles. The third kappa shape index (κ3) is 3.49. The smallest absolute Gasteiger partial charge is 0.262 e. The van der Waals surface area contributed by atoms with Crippen molar-refractivity contribution in [1.82, 2.24) is 9.55 Å². The number of ether oxygens (including phenoxy) is 2. The first kappa shape index (κ1) is 17.4. The van der Waals surface area contributed by atoms with Gasteiger partial charge in [0.2, 0.25) is 0 Å². The molecule has 5 nitrogen and oxygen atoms in total. The Labute approximate surface area is 150 Å². The van der Waals surface area contributed by atoms with Crippen molar-refractivity contribution in [3.8, 4) is 11.5 Å². The van der Waals surface area contributed by atoms with Crippen LogP contribution in [0.2, 0.25) is 0 Å². The van der Waals surface area contributed by atoms with E-state index in [1.807, 2.05) is 49.4 Å². The summed E-state index contributed by atoms with van der Waals surface area (Å²) in [6.07, 6.45) is 0. The van der Waals surface area contributed by atoms with Crippen LogP contribution in [0.4, 0.5) is 0 Å². The van der Waals surface area contributed by atoms with Crippen LogP contribution in [0.25, 0.3) is 10.9 Å². The van der Waals surface area contributed by atoms with Gasteiger partial charge in [-0.1, -0.05) is 23.9 Å². The summed E-state index contributed by atoms with van der Waals surface area (Å²) in [6, 6.07) is 13.1. The van der Waals surface area contributed by atoms with Crippen molar-refractivity contribution < 1.29 is 9.47 Å². The van der Waals surface area contributed by atoms with Gasteiger partial charge in [-0.05, 0) is 37.3 Å². The van der Waals surface area contributed by atoms with Crippen LogP contribution in [0.3, 0.4) is 0 Å². The highest BCUT2D eigenvalue weighted by molar-refractivity contribution is 7.98. The summed E-state index contributed by atoms with van der Waals surface area (Å²) in [6.45, 7) is 2.53. The van der Waals surface area contributed by atoms with Crippen molar-refractivity contribution in [2.45, 2.75) is 24.4 Å². The van der Waals surface area contributed by atoms with Crippen molar-refractivity contribution >= 4 is 22.7 Å². The Morgan fingerprint density at radius 1 is 1.12 bits per heavy atom. The molecule has 130 valence electrons. The normalized spacial score (nSPS) is 10.8. The second kappa shape index (κ2) is 7.61. The van der Waals surface area contributed by atoms with Gasteiger partial charge in [0.25, 0.3) is 5.56 Å². The standard InChI is InChI=1S/C19H20N2O3S/c1-4-21-18(22)15-7-5-6-8-16(15)20-19(21)25-12-13-11-14(23-2)9-10-17(13)24-3/h5-11H,4,12H2,1-3H3. The summed E-state index contributed by atoms with van der Waals surface area (Å²) in [7, 11) is 3.28. The minimum Gasteiger partial charge on any atom is -0.497 e. The summed E-state index contributed by atoms with van der Waals surface area (Å²) in [4.78, 5) is 17.4. The molecule has 0 bridgehead atoms. The lowest BCUT2D eigenvalue weighted by molar-refractivity contribution is 0.400. The maximum Gasteiger partial charge on any atom is 0.262 e. The number of rotatable bonds is 6. The zero-order chi connectivity index (χ0) is 17.8. The molecule has 0 atom stereocenters. The Kier molecular flexibility index (Phi) is 5.28. The summed E-state index contributed by atoms with van der Waals surface area (Å²) < 4.78 is 12.4. The summed E-state index contributed by atoms with van der Waals surface area (Å²) in [5.74, 6) is 2.20. The number of methoxy groups -OCH3 is 2. The van der Waals surface area contributed by atoms with Crippen LogP contribution in [-0.4, -0.2) is 23.8 Å². The minimum absolute atomic E-state index is 0.00629. The number of aromatic nitrogens is 2. The first-order valence-electron chi connectivity index (χ1n) is 8.01. The van der Waals surface area contributed by atoms with Crippen molar-refractivity contribution in [2.24, 2.45) is 0 Å². The van der Waals surface area contributed by atoms with E-state index in [1.54, 1.807) is 18.8 Å². The van der Waals surface area contributed by atoms with E-state index in [4.69, 9.17) is 9.47 Å². The maximum atomic E-state index is 12.7. The molecule has 6 heteroatoms. The van der Waals surface area contributed by atoms with E-state index < -0.39 is 0 Å². The van der Waals surface area contributed by atoms with E-state index in [1.165, 1.54) is 11.8 Å². The molecular formula is C19H20N2O3S. The van der Waals surface area contributed by atoms with Crippen LogP contribution in [0.1, 0.15) is 12.5 Å². The highest BCUT2D eigenvalue weighted by Crippen LogP contribution is 2.30. The maximum absolute atomic E-state index is 12.7. The van der Waals surface area contributed by atoms with Gasteiger partial charge in [-0.15, -0.1) is 0 Å². The summed E-state index contributed by atoms with van der Waals surface area (Å²) in [5.41, 5.74) is 1.71. The van der Waals surface area contributed by atoms with E-state index in [9.17, 15) is 4.79 Å². The predicted octanol–water partition coefficient (Wildman–Crippen LogP) is 3.73. The number of thioether (sulfide) groups is 1. The monoisotopic (exact) mass is 356 g/mol. The second-order valence-corrected chi connectivity index (χ2v) is 6.37. The van der Waals surface area contributed by atoms with Crippen molar-refractivity contribution in [3.05, 3.63) is 58.4 Å². The van der Waals surface area contributed by atoms with Crippen LogP contribution in [0, 0.1) is 0 Å². The Morgan fingerprint density at radius 3 is 2.64 bits per heavy atom. The SMILES string of the molecule is CCn1c(SCc2cc(OC)ccc2OC)nc2ccccc2c1=O. The molecule has 1 aromatic heterocycles. The number of hydrogen-bond acceptors (Lipinski definition) is 5. The molecular weight excluding hydrogens is 336 g/mol. The van der Waals surface area contributed by atoms with E-state index in [0.29, 0.717) is 22.8 Å². The van der Waals surface area contributed by atoms with Gasteiger partial charge >= 0.3 is 0 Å². The largest absolute Gasteiger partial charge is 0.497 e. The molecule has 0 aliphatic carbocycles. The molecule has 0 amide bonds. The Morgan fingerprint density at radius 2 is 1.92 bits per heavy atom. The van der Waals surface area contributed by atoms with E-state index in [2.05, 4.69) is 4.98 Å². The van der Waals surface area contributed by atoms with Crippen LogP contribution >= 0.6 is 11.8 Å². The zero-order valence-electron chi connectivity index (χ0n) is 14.5. The molecule has 3 aromatic rings. The zero-order valence-corrected chi connectivity index (χ0v) is 15.3. The van der Waals surface area contributed by atoms with Gasteiger partial charge in [-0.2, -0.15) is 0 Å². The number of hydrogen-bond donors (Lipinski definition) is 0. The fourth-order valence-corrected chi connectivity index (χ4v) is 3.71. The molecule has 0 radical (unpaired) electrons. The molecule has 0 spiro atoms. The van der Waals surface area contributed by atoms with Gasteiger partial charge in [-0.3, -0.25) is 9.36 Å². The summed E-state index contributed by atoms with van der Waals surface area (Å²) >= 11 is 1.52. The van der Waals surface area contributed by atoms with Crippen LogP contribution in [-0.2, 0) is 12.3 Å². The van der Waals surface area contributed by atoms with Crippen LogP contribution in [0.15, 0.2) is 52.4 Å². The molecule has 25 heavy (non-hydrogen) atoms. The van der Waals surface area contributed by atoms with Gasteiger partial charge in [-0.25, -0.2) is 4.98 Å². The third-order valence-corrected chi connectivity index (χ3v) is 5.01. The fraction of sp³-hybridized carbons (Fsp3) is 0.263. The first-order chi connectivity index (χ1) is 12.2. The number of benzene rings is 2. The first-order valence-corrected chi connectivity index (χ1v) is 8.99. The Balaban J connectivity index is 1.97. The molecule has 0 saturated heterocycles. The number of para-hydroxylation sites is 1. The Bertz CT molecular complexity index is 953. The summed E-state index contributed by atoms with van der Waals surface area (Å²) in [5, 5.41) is 1.35. The molecule has 0 aliphatic heterocycles. The topological polar surface area (TPSA) is 53.4 Å². The number of nitrogens with zero attached hydrogens (tertiary/aromatic N) is 2. The van der Waals surface area contributed by atoms with E-state index >= 15 is 0 Å². The van der Waals surface area contributed by atoms with E-state index in [0.717, 1.165) is 22.6 Å². The third-order valence-electron chi connectivity index (χ3n) is 3.99. The van der Waals surface area contributed by atoms with Crippen molar-refractivity contribution in [3.63, 3.8) is 0 Å². The number of fused-ring (bicyclic) bond motifs is 1. The van der Waals surface area contributed by atoms with Gasteiger partial charge < -0.3 is 9.47 Å². The Hall–Kier alpha value is -2.47. The second-order valence-electron chi connectivity index (χ2n) is 5.43. The fourth-order valence-electron chi connectivity index (χ4n) is 2.67. The van der Waals surface area contributed by atoms with Gasteiger partial charge in [0.05, 0.1) is 25.1 Å². The minimum atomic E-state index is -0.00629. The lowest BCUT2D eigenvalue weighted by atomic mass is 10.2. The van der Waals surface area contributed by atoms with Gasteiger partial charge in [0.1, 0.15) is 11.5 Å². The molecule has 0 saturated carbocycles. The van der Waals surface area contributed by atoms with Gasteiger partial charge in [0.15, 0.2) is 5.16 Å². The molecule has 0 N–H and O–H groups in total. The highest BCUT2D eigenvalue weighted by atomic mass is 32.2. The molecule has 3 rings (SSSR count). The van der Waals surface area contributed by atoms with Crippen molar-refractivity contribution in [1.29, 1.82) is 0 Å². The molecule has 0 aliphatic rings. The van der Waals surface area contributed by atoms with Crippen LogP contribution in [0.5, 0.6) is 11.5 Å². The average Bonchev–Trinajstić information content (AvgIpc) is 2.66. The molecule has 1 heterocycles. The van der Waals surface area contributed by atoms with Crippen molar-refractivity contribution in [2.75, 3.05) is 14.2 Å².